The fourth-order valence-electron chi connectivity index (χ4n) is 1.86. The summed E-state index contributed by atoms with van der Waals surface area (Å²) in [4.78, 5) is 16.2. The Hall–Kier alpha value is -1.68. The van der Waals surface area contributed by atoms with Crippen LogP contribution in [-0.4, -0.2) is 17.9 Å². The Morgan fingerprint density at radius 2 is 2.16 bits per heavy atom. The van der Waals surface area contributed by atoms with Crippen molar-refractivity contribution >= 4 is 21.7 Å². The fourth-order valence-corrected chi connectivity index (χ4v) is 2.44. The number of halogens is 1. The molecule has 0 atom stereocenters. The minimum atomic E-state index is 0.0719. The first-order valence-corrected chi connectivity index (χ1v) is 6.67. The Balaban J connectivity index is 2.20. The van der Waals surface area contributed by atoms with Crippen LogP contribution in [0.2, 0.25) is 0 Å². The molecule has 0 radical (unpaired) electrons. The van der Waals surface area contributed by atoms with E-state index >= 15 is 0 Å². The number of ketones is 1. The molecule has 2 rings (SSSR count). The van der Waals surface area contributed by atoms with Gasteiger partial charge in [0.1, 0.15) is 5.75 Å². The van der Waals surface area contributed by atoms with Crippen LogP contribution in [0.1, 0.15) is 21.5 Å². The van der Waals surface area contributed by atoms with Gasteiger partial charge >= 0.3 is 0 Å². The summed E-state index contributed by atoms with van der Waals surface area (Å²) in [5.41, 5.74) is 2.57. The topological polar surface area (TPSA) is 39.2 Å². The molecule has 0 saturated carbocycles. The molecule has 0 amide bonds. The molecule has 0 bridgehead atoms. The Morgan fingerprint density at radius 1 is 1.37 bits per heavy atom. The van der Waals surface area contributed by atoms with E-state index in [0.29, 0.717) is 12.0 Å². The first-order chi connectivity index (χ1) is 9.11. The zero-order chi connectivity index (χ0) is 13.8. The molecule has 0 N–H and O–H groups in total. The summed E-state index contributed by atoms with van der Waals surface area (Å²) in [6.45, 7) is 1.92. The lowest BCUT2D eigenvalue weighted by atomic mass is 10.0. The second-order valence-electron chi connectivity index (χ2n) is 4.26. The number of carbonyl (C=O) groups excluding carboxylic acids is 1. The van der Waals surface area contributed by atoms with Crippen molar-refractivity contribution in [3.63, 3.8) is 0 Å². The number of aryl methyl sites for hydroxylation is 1. The fraction of sp³-hybridized carbons (Fsp3) is 0.200. The average molecular weight is 320 g/mol. The molecule has 0 aliphatic rings. The highest BCUT2D eigenvalue weighted by Gasteiger charge is 2.11. The lowest BCUT2D eigenvalue weighted by Crippen LogP contribution is -2.06. The van der Waals surface area contributed by atoms with Gasteiger partial charge in [0.2, 0.25) is 0 Å². The number of aromatic nitrogens is 1. The van der Waals surface area contributed by atoms with Crippen molar-refractivity contribution in [2.24, 2.45) is 0 Å². The van der Waals surface area contributed by atoms with Gasteiger partial charge in [-0.2, -0.15) is 0 Å². The number of pyridine rings is 1. The van der Waals surface area contributed by atoms with Gasteiger partial charge in [-0.05, 0) is 52.2 Å². The zero-order valence-corrected chi connectivity index (χ0v) is 12.4. The molecule has 0 aliphatic carbocycles. The molecule has 0 spiro atoms. The Bertz CT molecular complexity index is 611. The number of rotatable bonds is 4. The SMILES string of the molecule is COc1ccc(CC(=O)c2cnccc2C)cc1Br. The highest BCUT2D eigenvalue weighted by atomic mass is 79.9. The Morgan fingerprint density at radius 3 is 2.79 bits per heavy atom. The van der Waals surface area contributed by atoms with Gasteiger partial charge in [0.15, 0.2) is 5.78 Å². The van der Waals surface area contributed by atoms with Crippen LogP contribution in [0.5, 0.6) is 5.75 Å². The predicted molar refractivity (Wildman–Crippen MR) is 77.7 cm³/mol. The lowest BCUT2D eigenvalue weighted by molar-refractivity contribution is 0.0992. The third-order valence-electron chi connectivity index (χ3n) is 2.92. The molecule has 0 saturated heterocycles. The van der Waals surface area contributed by atoms with Crippen molar-refractivity contribution in [1.29, 1.82) is 0 Å². The standard InChI is InChI=1S/C15H14BrNO2/c1-10-5-6-17-9-12(10)14(18)8-11-3-4-15(19-2)13(16)7-11/h3-7,9H,8H2,1-2H3. The highest BCUT2D eigenvalue weighted by Crippen LogP contribution is 2.26. The van der Waals surface area contributed by atoms with Gasteiger partial charge in [-0.15, -0.1) is 0 Å². The molecule has 3 nitrogen and oxygen atoms in total. The van der Waals surface area contributed by atoms with Crippen LogP contribution >= 0.6 is 15.9 Å². The molecule has 98 valence electrons. The molecule has 0 aliphatic heterocycles. The van der Waals surface area contributed by atoms with E-state index in [0.717, 1.165) is 21.3 Å². The van der Waals surface area contributed by atoms with E-state index in [1.807, 2.05) is 31.2 Å². The maximum Gasteiger partial charge on any atom is 0.169 e. The van der Waals surface area contributed by atoms with Gasteiger partial charge in [-0.3, -0.25) is 9.78 Å². The van der Waals surface area contributed by atoms with Crippen LogP contribution in [-0.2, 0) is 6.42 Å². The Kier molecular flexibility index (Phi) is 4.32. The van der Waals surface area contributed by atoms with Crippen LogP contribution in [0, 0.1) is 6.92 Å². The van der Waals surface area contributed by atoms with E-state index in [9.17, 15) is 4.79 Å². The summed E-state index contributed by atoms with van der Waals surface area (Å²) in [5.74, 6) is 0.830. The molecule has 2 aromatic rings. The predicted octanol–water partition coefficient (Wildman–Crippen LogP) is 3.59. The molecular weight excluding hydrogens is 306 g/mol. The van der Waals surface area contributed by atoms with E-state index in [4.69, 9.17) is 4.74 Å². The van der Waals surface area contributed by atoms with E-state index in [2.05, 4.69) is 20.9 Å². The molecule has 19 heavy (non-hydrogen) atoms. The normalized spacial score (nSPS) is 10.3. The quantitative estimate of drug-likeness (QED) is 0.808. The summed E-state index contributed by atoms with van der Waals surface area (Å²) in [6.07, 6.45) is 3.67. The van der Waals surface area contributed by atoms with Gasteiger partial charge in [0.25, 0.3) is 0 Å². The second-order valence-corrected chi connectivity index (χ2v) is 5.11. The van der Waals surface area contributed by atoms with Crippen LogP contribution in [0.4, 0.5) is 0 Å². The number of benzene rings is 1. The van der Waals surface area contributed by atoms with Gasteiger partial charge in [-0.25, -0.2) is 0 Å². The Labute approximate surface area is 120 Å². The third kappa shape index (κ3) is 3.20. The smallest absolute Gasteiger partial charge is 0.169 e. The number of hydrogen-bond donors (Lipinski definition) is 0. The van der Waals surface area contributed by atoms with E-state index in [1.165, 1.54) is 0 Å². The molecule has 1 aromatic heterocycles. The maximum atomic E-state index is 12.2. The average Bonchev–Trinajstić information content (AvgIpc) is 2.39. The first-order valence-electron chi connectivity index (χ1n) is 5.88. The molecular formula is C15H14BrNO2. The minimum Gasteiger partial charge on any atom is -0.496 e. The van der Waals surface area contributed by atoms with Crippen molar-refractivity contribution < 1.29 is 9.53 Å². The largest absolute Gasteiger partial charge is 0.496 e. The third-order valence-corrected chi connectivity index (χ3v) is 3.54. The molecule has 1 aromatic carbocycles. The van der Waals surface area contributed by atoms with Crippen LogP contribution in [0.15, 0.2) is 41.1 Å². The van der Waals surface area contributed by atoms with Gasteiger partial charge < -0.3 is 4.74 Å². The number of hydrogen-bond acceptors (Lipinski definition) is 3. The molecule has 4 heteroatoms. The van der Waals surface area contributed by atoms with E-state index in [-0.39, 0.29) is 5.78 Å². The highest BCUT2D eigenvalue weighted by molar-refractivity contribution is 9.10. The lowest BCUT2D eigenvalue weighted by Gasteiger charge is -2.07. The summed E-state index contributed by atoms with van der Waals surface area (Å²) < 4.78 is 6.02. The van der Waals surface area contributed by atoms with Crippen LogP contribution < -0.4 is 4.74 Å². The maximum absolute atomic E-state index is 12.2. The number of Topliss-reactive ketones (excluding diaryl/α,β-unsaturated/α-hetero) is 1. The van der Waals surface area contributed by atoms with Gasteiger partial charge in [0, 0.05) is 24.4 Å². The molecule has 0 unspecified atom stereocenters. The second kappa shape index (κ2) is 5.97. The van der Waals surface area contributed by atoms with Gasteiger partial charge in [0.05, 0.1) is 11.6 Å². The summed E-state index contributed by atoms with van der Waals surface area (Å²) in [7, 11) is 1.61. The first kappa shape index (κ1) is 13.7. The zero-order valence-electron chi connectivity index (χ0n) is 10.8. The summed E-state index contributed by atoms with van der Waals surface area (Å²) in [5, 5.41) is 0. The number of methoxy groups -OCH3 is 1. The van der Waals surface area contributed by atoms with Crippen molar-refractivity contribution in [3.8, 4) is 5.75 Å². The van der Waals surface area contributed by atoms with Crippen molar-refractivity contribution in [1.82, 2.24) is 4.98 Å². The van der Waals surface area contributed by atoms with Crippen molar-refractivity contribution in [2.45, 2.75) is 13.3 Å². The van der Waals surface area contributed by atoms with Crippen molar-refractivity contribution in [2.75, 3.05) is 7.11 Å². The van der Waals surface area contributed by atoms with Crippen molar-refractivity contribution in [3.05, 3.63) is 57.8 Å². The number of ether oxygens (including phenoxy) is 1. The van der Waals surface area contributed by atoms with Crippen LogP contribution in [0.3, 0.4) is 0 Å². The van der Waals surface area contributed by atoms with E-state index in [1.54, 1.807) is 19.5 Å². The number of carbonyl (C=O) groups is 1. The van der Waals surface area contributed by atoms with Crippen LogP contribution in [0.25, 0.3) is 0 Å². The minimum absolute atomic E-state index is 0.0719. The molecule has 0 fully saturated rings. The monoisotopic (exact) mass is 319 g/mol. The molecule has 1 heterocycles. The summed E-state index contributed by atoms with van der Waals surface area (Å²) >= 11 is 3.42. The summed E-state index contributed by atoms with van der Waals surface area (Å²) in [6, 6.07) is 7.50. The number of nitrogens with zero attached hydrogens (tertiary/aromatic N) is 1. The van der Waals surface area contributed by atoms with Gasteiger partial charge in [-0.1, -0.05) is 6.07 Å². The van der Waals surface area contributed by atoms with E-state index < -0.39 is 0 Å².